The van der Waals surface area contributed by atoms with Gasteiger partial charge in [0.2, 0.25) is 5.91 Å². The van der Waals surface area contributed by atoms with E-state index in [-0.39, 0.29) is 17.9 Å². The van der Waals surface area contributed by atoms with E-state index in [1.165, 1.54) is 7.11 Å². The van der Waals surface area contributed by atoms with Gasteiger partial charge in [-0.15, -0.1) is 0 Å². The number of anilines is 2. The van der Waals surface area contributed by atoms with Crippen LogP contribution in [0.2, 0.25) is 0 Å². The van der Waals surface area contributed by atoms with Gasteiger partial charge in [0.15, 0.2) is 0 Å². The van der Waals surface area contributed by atoms with E-state index in [0.29, 0.717) is 34.8 Å². The molecule has 7 heteroatoms. The second-order valence-electron chi connectivity index (χ2n) is 5.67. The Hall–Kier alpha value is -3.27. The van der Waals surface area contributed by atoms with E-state index in [4.69, 9.17) is 15.7 Å². The molecule has 0 saturated carbocycles. The highest BCUT2D eigenvalue weighted by molar-refractivity contribution is 5.91. The number of nitrogen functional groups attached to an aromatic ring is 1. The first-order valence-electron chi connectivity index (χ1n) is 7.73. The number of aromatic nitrogens is 1. The van der Waals surface area contributed by atoms with Crippen LogP contribution in [0.3, 0.4) is 0 Å². The first-order valence-corrected chi connectivity index (χ1v) is 7.73. The lowest BCUT2D eigenvalue weighted by Crippen LogP contribution is -2.18. The topological polar surface area (TPSA) is 121 Å². The van der Waals surface area contributed by atoms with Gasteiger partial charge in [0.1, 0.15) is 17.4 Å². The van der Waals surface area contributed by atoms with Crippen molar-refractivity contribution in [3.05, 3.63) is 50.9 Å². The van der Waals surface area contributed by atoms with Gasteiger partial charge < -0.3 is 20.8 Å². The Balaban J connectivity index is 2.09. The maximum atomic E-state index is 12.2. The molecule has 0 bridgehead atoms. The Kier molecular flexibility index (Phi) is 5.45. The Labute approximate surface area is 145 Å². The molecule has 25 heavy (non-hydrogen) atoms. The van der Waals surface area contributed by atoms with Gasteiger partial charge in [-0.3, -0.25) is 9.59 Å². The van der Waals surface area contributed by atoms with Gasteiger partial charge in [-0.1, -0.05) is 0 Å². The largest absolute Gasteiger partial charge is 0.495 e. The zero-order chi connectivity index (χ0) is 18.6. The number of nitrogens with zero attached hydrogens (tertiary/aromatic N) is 1. The van der Waals surface area contributed by atoms with Gasteiger partial charge in [-0.05, 0) is 49.6 Å². The molecule has 0 atom stereocenters. The summed E-state index contributed by atoms with van der Waals surface area (Å²) in [6.07, 6.45) is 0.630. The van der Waals surface area contributed by atoms with Gasteiger partial charge in [-0.25, -0.2) is 0 Å². The summed E-state index contributed by atoms with van der Waals surface area (Å²) in [5.74, 6) is 0.356. The van der Waals surface area contributed by atoms with Crippen molar-refractivity contribution < 1.29 is 9.53 Å². The fourth-order valence-electron chi connectivity index (χ4n) is 2.69. The summed E-state index contributed by atoms with van der Waals surface area (Å²) >= 11 is 0. The summed E-state index contributed by atoms with van der Waals surface area (Å²) in [5, 5.41) is 11.9. The van der Waals surface area contributed by atoms with Crippen LogP contribution < -0.4 is 21.3 Å². The number of nitrogens with one attached hydrogen (secondary N) is 2. The third kappa shape index (κ3) is 3.98. The average Bonchev–Trinajstić information content (AvgIpc) is 2.55. The Bertz CT molecular complexity index is 910. The highest BCUT2D eigenvalue weighted by atomic mass is 16.5. The van der Waals surface area contributed by atoms with E-state index in [1.807, 2.05) is 6.07 Å². The molecule has 130 valence electrons. The number of methoxy groups -OCH3 is 1. The summed E-state index contributed by atoms with van der Waals surface area (Å²) in [7, 11) is 1.52. The molecule has 0 fully saturated rings. The molecule has 0 spiro atoms. The number of hydrogen-bond donors (Lipinski definition) is 3. The van der Waals surface area contributed by atoms with Crippen molar-refractivity contribution in [3.8, 4) is 11.8 Å². The number of benzene rings is 1. The maximum Gasteiger partial charge on any atom is 0.266 e. The summed E-state index contributed by atoms with van der Waals surface area (Å²) in [6.45, 7) is 3.48. The lowest BCUT2D eigenvalue weighted by molar-refractivity contribution is -0.116. The minimum absolute atomic E-state index is 0.0870. The molecule has 0 saturated heterocycles. The van der Waals surface area contributed by atoms with Crippen molar-refractivity contribution in [2.24, 2.45) is 0 Å². The molecule has 0 aliphatic heterocycles. The van der Waals surface area contributed by atoms with E-state index < -0.39 is 5.56 Å². The van der Waals surface area contributed by atoms with Gasteiger partial charge >= 0.3 is 0 Å². The molecule has 0 aliphatic carbocycles. The zero-order valence-electron chi connectivity index (χ0n) is 14.4. The number of aryl methyl sites for hydroxylation is 1. The Morgan fingerprint density at radius 2 is 2.12 bits per heavy atom. The van der Waals surface area contributed by atoms with Crippen LogP contribution in [-0.4, -0.2) is 18.0 Å². The van der Waals surface area contributed by atoms with Gasteiger partial charge in [0.25, 0.3) is 5.56 Å². The summed E-state index contributed by atoms with van der Waals surface area (Å²) in [5.41, 5.74) is 8.61. The van der Waals surface area contributed by atoms with Crippen molar-refractivity contribution in [2.45, 2.75) is 26.7 Å². The van der Waals surface area contributed by atoms with E-state index in [9.17, 15) is 9.59 Å². The smallest absolute Gasteiger partial charge is 0.266 e. The molecule has 7 nitrogen and oxygen atoms in total. The van der Waals surface area contributed by atoms with Gasteiger partial charge in [-0.2, -0.15) is 5.26 Å². The number of H-pyrrole nitrogens is 1. The third-order valence-corrected chi connectivity index (χ3v) is 4.04. The van der Waals surface area contributed by atoms with Crippen LogP contribution in [0.1, 0.15) is 28.8 Å². The van der Waals surface area contributed by atoms with Crippen molar-refractivity contribution in [2.75, 3.05) is 18.2 Å². The molecule has 4 N–H and O–H groups in total. The third-order valence-electron chi connectivity index (χ3n) is 4.04. The summed E-state index contributed by atoms with van der Waals surface area (Å²) in [4.78, 5) is 26.6. The normalized spacial score (nSPS) is 10.2. The molecule has 0 unspecified atom stereocenters. The van der Waals surface area contributed by atoms with Crippen LogP contribution in [-0.2, 0) is 11.2 Å². The highest BCUT2D eigenvalue weighted by Gasteiger charge is 2.13. The van der Waals surface area contributed by atoms with Crippen LogP contribution in [0.5, 0.6) is 5.75 Å². The number of rotatable bonds is 5. The zero-order valence-corrected chi connectivity index (χ0v) is 14.4. The predicted molar refractivity (Wildman–Crippen MR) is 95.6 cm³/mol. The SMILES string of the molecule is COc1ccc(NC(=O)CCc2c(C)[nH]c(=O)c(C#N)c2C)cc1N. The monoisotopic (exact) mass is 340 g/mol. The number of amides is 1. The van der Waals surface area contributed by atoms with Crippen LogP contribution in [0.25, 0.3) is 0 Å². The number of nitrogens with two attached hydrogens (primary N) is 1. The Morgan fingerprint density at radius 1 is 1.40 bits per heavy atom. The van der Waals surface area contributed by atoms with Crippen molar-refractivity contribution in [1.82, 2.24) is 4.98 Å². The Morgan fingerprint density at radius 3 is 2.72 bits per heavy atom. The average molecular weight is 340 g/mol. The fourth-order valence-corrected chi connectivity index (χ4v) is 2.69. The molecule has 1 amide bonds. The summed E-state index contributed by atoms with van der Waals surface area (Å²) < 4.78 is 5.08. The first kappa shape index (κ1) is 18.1. The van der Waals surface area contributed by atoms with Crippen LogP contribution in [0, 0.1) is 25.2 Å². The second kappa shape index (κ2) is 7.53. The molecule has 2 aromatic rings. The van der Waals surface area contributed by atoms with Crippen molar-refractivity contribution >= 4 is 17.3 Å². The van der Waals surface area contributed by atoms with E-state index in [1.54, 1.807) is 32.0 Å². The number of carbonyl (C=O) groups excluding carboxylic acids is 1. The molecule has 0 aliphatic rings. The lowest BCUT2D eigenvalue weighted by atomic mass is 9.99. The molecular formula is C18H20N4O3. The number of ether oxygens (including phenoxy) is 1. The lowest BCUT2D eigenvalue weighted by Gasteiger charge is -2.12. The number of hydrogen-bond acceptors (Lipinski definition) is 5. The predicted octanol–water partition coefficient (Wildman–Crippen LogP) is 2.03. The minimum Gasteiger partial charge on any atom is -0.495 e. The first-order chi connectivity index (χ1) is 11.9. The van der Waals surface area contributed by atoms with E-state index in [0.717, 1.165) is 5.56 Å². The van der Waals surface area contributed by atoms with E-state index >= 15 is 0 Å². The molecule has 1 heterocycles. The quantitative estimate of drug-likeness (QED) is 0.719. The van der Waals surface area contributed by atoms with Gasteiger partial charge in [0, 0.05) is 17.8 Å². The van der Waals surface area contributed by atoms with Gasteiger partial charge in [0.05, 0.1) is 12.8 Å². The number of carbonyl (C=O) groups is 1. The highest BCUT2D eigenvalue weighted by Crippen LogP contribution is 2.24. The molecule has 1 aromatic heterocycles. The molecule has 2 rings (SSSR count). The standard InChI is InChI=1S/C18H20N4O3/c1-10-13(11(2)21-18(24)14(10)9-19)5-7-17(23)22-12-4-6-16(25-3)15(20)8-12/h4,6,8H,5,7,20H2,1-3H3,(H,21,24)(H,22,23). The fraction of sp³-hybridized carbons (Fsp3) is 0.278. The summed E-state index contributed by atoms with van der Waals surface area (Å²) in [6, 6.07) is 6.92. The molecular weight excluding hydrogens is 320 g/mol. The number of pyridine rings is 1. The minimum atomic E-state index is -0.403. The maximum absolute atomic E-state index is 12.2. The van der Waals surface area contributed by atoms with E-state index in [2.05, 4.69) is 10.3 Å². The second-order valence-corrected chi connectivity index (χ2v) is 5.67. The molecule has 1 aromatic carbocycles. The molecule has 0 radical (unpaired) electrons. The van der Waals surface area contributed by atoms with Crippen LogP contribution in [0.4, 0.5) is 11.4 Å². The number of aromatic amines is 1. The van der Waals surface area contributed by atoms with Crippen LogP contribution >= 0.6 is 0 Å². The van der Waals surface area contributed by atoms with Crippen LogP contribution in [0.15, 0.2) is 23.0 Å². The van der Waals surface area contributed by atoms with Crippen molar-refractivity contribution in [3.63, 3.8) is 0 Å². The number of nitriles is 1. The van der Waals surface area contributed by atoms with Crippen molar-refractivity contribution in [1.29, 1.82) is 5.26 Å².